The van der Waals surface area contributed by atoms with E-state index < -0.39 is 11.1 Å². The number of nitrogens with zero attached hydrogens (tertiary/aromatic N) is 1. The van der Waals surface area contributed by atoms with E-state index in [9.17, 15) is 15.1 Å². The summed E-state index contributed by atoms with van der Waals surface area (Å²) >= 11 is 5.21. The Kier molecular flexibility index (Phi) is 7.00. The summed E-state index contributed by atoms with van der Waals surface area (Å²) in [5.41, 5.74) is 1.64. The normalized spacial score (nSPS) is 16.6. The van der Waals surface area contributed by atoms with Crippen molar-refractivity contribution in [1.82, 2.24) is 5.06 Å². The zero-order valence-corrected chi connectivity index (χ0v) is 21.5. The Bertz CT molecular complexity index is 1310. The van der Waals surface area contributed by atoms with Crippen LogP contribution in [0.15, 0.2) is 78.9 Å². The van der Waals surface area contributed by atoms with E-state index in [0.29, 0.717) is 17.7 Å². The number of benzene rings is 3. The van der Waals surface area contributed by atoms with E-state index in [0.717, 1.165) is 16.2 Å². The van der Waals surface area contributed by atoms with Crippen molar-refractivity contribution in [3.63, 3.8) is 0 Å². The molecule has 3 aromatic rings. The van der Waals surface area contributed by atoms with Crippen molar-refractivity contribution >= 4 is 28.8 Å². The first-order chi connectivity index (χ1) is 17.0. The highest BCUT2D eigenvalue weighted by Gasteiger charge is 2.42. The molecule has 1 N–H and O–H groups in total. The second-order valence-corrected chi connectivity index (χ2v) is 10.3. The number of phenolic OH excluding ortho intramolecular Hbond substituents is 1. The van der Waals surface area contributed by atoms with Crippen LogP contribution in [0.4, 0.5) is 0 Å². The average Bonchev–Trinajstić information content (AvgIpc) is 2.83. The third-order valence-electron chi connectivity index (χ3n) is 6.10. The largest absolute Gasteiger partial charge is 0.507 e. The van der Waals surface area contributed by atoms with Gasteiger partial charge in [-0.1, -0.05) is 48.5 Å². The maximum absolute atomic E-state index is 12.6. The van der Waals surface area contributed by atoms with Crippen LogP contribution in [-0.2, 0) is 5.21 Å². The SMILES string of the molecule is CC1(C)C=C(c2ccc(OC(=S)Oc3ccc(C(=O)c4ccccc4)c(O)c3)cc2)CC(C)(C)N1[O]. The van der Waals surface area contributed by atoms with E-state index in [-0.39, 0.29) is 28.1 Å². The molecule has 0 saturated heterocycles. The van der Waals surface area contributed by atoms with Gasteiger partial charge < -0.3 is 14.6 Å². The van der Waals surface area contributed by atoms with Crippen LogP contribution in [0.1, 0.15) is 55.6 Å². The molecule has 0 unspecified atom stereocenters. The smallest absolute Gasteiger partial charge is 0.363 e. The van der Waals surface area contributed by atoms with Crippen molar-refractivity contribution in [2.45, 2.75) is 45.2 Å². The van der Waals surface area contributed by atoms with Crippen molar-refractivity contribution < 1.29 is 24.6 Å². The van der Waals surface area contributed by atoms with Gasteiger partial charge in [0, 0.05) is 29.4 Å². The van der Waals surface area contributed by atoms with Crippen molar-refractivity contribution in [2.75, 3.05) is 0 Å². The highest BCUT2D eigenvalue weighted by atomic mass is 32.1. The first-order valence-corrected chi connectivity index (χ1v) is 12.0. The lowest BCUT2D eigenvalue weighted by Gasteiger charge is -2.45. The Morgan fingerprint density at radius 1 is 0.917 bits per heavy atom. The van der Waals surface area contributed by atoms with Crippen molar-refractivity contribution in [3.05, 3.63) is 95.6 Å². The number of hydroxylamine groups is 2. The summed E-state index contributed by atoms with van der Waals surface area (Å²) in [5.74, 6) is 0.236. The zero-order valence-electron chi connectivity index (χ0n) is 20.6. The van der Waals surface area contributed by atoms with Gasteiger partial charge in [-0.15, -0.1) is 10.3 Å². The Morgan fingerprint density at radius 3 is 2.14 bits per heavy atom. The van der Waals surface area contributed by atoms with Gasteiger partial charge in [0.15, 0.2) is 5.78 Å². The number of rotatable bonds is 5. The van der Waals surface area contributed by atoms with Gasteiger partial charge in [-0.3, -0.25) is 4.79 Å². The number of carbonyl (C=O) groups is 1. The van der Waals surface area contributed by atoms with E-state index in [4.69, 9.17) is 21.7 Å². The summed E-state index contributed by atoms with van der Waals surface area (Å²) in [4.78, 5) is 12.6. The predicted octanol–water partition coefficient (Wildman–Crippen LogP) is 6.36. The minimum absolute atomic E-state index is 0.148. The summed E-state index contributed by atoms with van der Waals surface area (Å²) in [6.45, 7) is 7.72. The Morgan fingerprint density at radius 2 is 1.53 bits per heavy atom. The van der Waals surface area contributed by atoms with Gasteiger partial charge in [0.2, 0.25) is 0 Å². The van der Waals surface area contributed by atoms with E-state index >= 15 is 0 Å². The molecule has 7 heteroatoms. The van der Waals surface area contributed by atoms with Crippen LogP contribution in [0.5, 0.6) is 17.2 Å². The quantitative estimate of drug-likeness (QED) is 0.323. The molecule has 1 heterocycles. The fourth-order valence-electron chi connectivity index (χ4n) is 4.50. The van der Waals surface area contributed by atoms with Gasteiger partial charge in [0.05, 0.1) is 11.1 Å². The maximum Gasteiger partial charge on any atom is 0.363 e. The van der Waals surface area contributed by atoms with Crippen LogP contribution < -0.4 is 9.47 Å². The molecular weight excluding hydrogens is 474 g/mol. The third-order valence-corrected chi connectivity index (χ3v) is 6.27. The van der Waals surface area contributed by atoms with Gasteiger partial charge in [0.25, 0.3) is 0 Å². The van der Waals surface area contributed by atoms with Crippen molar-refractivity contribution in [3.8, 4) is 17.2 Å². The number of thiocarbonyl (C=S) groups is 1. The molecule has 0 fully saturated rings. The molecule has 4 rings (SSSR count). The number of hydrogen-bond acceptors (Lipinski definition) is 6. The number of ether oxygens (including phenoxy) is 2. The summed E-state index contributed by atoms with van der Waals surface area (Å²) in [5, 5.41) is 24.0. The minimum atomic E-state index is -0.603. The summed E-state index contributed by atoms with van der Waals surface area (Å²) in [7, 11) is 0. The summed E-state index contributed by atoms with van der Waals surface area (Å²) in [6.07, 6.45) is 2.64. The fraction of sp³-hybridized carbons (Fsp3) is 0.241. The number of carbonyl (C=O) groups excluding carboxylic acids is 1. The molecular formula is C29H28NO5S. The van der Waals surface area contributed by atoms with Crippen LogP contribution in [0.2, 0.25) is 0 Å². The molecule has 6 nitrogen and oxygen atoms in total. The molecule has 1 aliphatic heterocycles. The highest BCUT2D eigenvalue weighted by molar-refractivity contribution is 7.79. The topological polar surface area (TPSA) is 78.9 Å². The molecule has 0 amide bonds. The third kappa shape index (κ3) is 5.49. The lowest BCUT2D eigenvalue weighted by molar-refractivity contribution is -0.260. The van der Waals surface area contributed by atoms with Gasteiger partial charge in [-0.25, -0.2) is 0 Å². The van der Waals surface area contributed by atoms with Gasteiger partial charge in [0.1, 0.15) is 17.2 Å². The van der Waals surface area contributed by atoms with Gasteiger partial charge in [-0.2, -0.15) is 0 Å². The lowest BCUT2D eigenvalue weighted by atomic mass is 9.80. The number of aromatic hydroxyl groups is 1. The molecule has 1 radical (unpaired) electrons. The molecule has 0 aromatic heterocycles. The van der Waals surface area contributed by atoms with Gasteiger partial charge in [-0.05, 0) is 69.5 Å². The van der Waals surface area contributed by atoms with Crippen LogP contribution in [-0.4, -0.2) is 32.3 Å². The number of phenols is 1. The van der Waals surface area contributed by atoms with Crippen LogP contribution in [0, 0.1) is 0 Å². The zero-order chi connectivity index (χ0) is 26.1. The van der Waals surface area contributed by atoms with Gasteiger partial charge >= 0.3 is 5.24 Å². The molecule has 0 atom stereocenters. The second kappa shape index (κ2) is 9.85. The summed E-state index contributed by atoms with van der Waals surface area (Å²) in [6, 6.07) is 20.5. The molecule has 185 valence electrons. The molecule has 0 aliphatic carbocycles. The van der Waals surface area contributed by atoms with E-state index in [2.05, 4.69) is 0 Å². The molecule has 0 bridgehead atoms. The fourth-order valence-corrected chi connectivity index (χ4v) is 4.69. The summed E-state index contributed by atoms with van der Waals surface area (Å²) < 4.78 is 11.2. The number of ketones is 1. The van der Waals surface area contributed by atoms with Crippen molar-refractivity contribution in [2.24, 2.45) is 0 Å². The first-order valence-electron chi connectivity index (χ1n) is 11.6. The molecule has 1 aliphatic rings. The van der Waals surface area contributed by atoms with Crippen molar-refractivity contribution in [1.29, 1.82) is 0 Å². The standard InChI is InChI=1S/C29H28NO5S/c1-28(2)17-21(18-29(3,4)30(28)33)19-10-12-22(13-11-19)34-27(36)35-23-14-15-24(25(31)16-23)26(32)20-8-6-5-7-9-20/h5-17,31H,18H2,1-4H3. The van der Waals surface area contributed by atoms with E-state index in [1.807, 2.05) is 52.0 Å². The monoisotopic (exact) mass is 502 g/mol. The Labute approximate surface area is 216 Å². The minimum Gasteiger partial charge on any atom is -0.507 e. The molecule has 0 spiro atoms. The first kappa shape index (κ1) is 25.6. The molecule has 3 aromatic carbocycles. The van der Waals surface area contributed by atoms with Crippen LogP contribution in [0.3, 0.4) is 0 Å². The van der Waals surface area contributed by atoms with Crippen LogP contribution in [0.25, 0.3) is 5.57 Å². The van der Waals surface area contributed by atoms with E-state index in [1.54, 1.807) is 42.5 Å². The second-order valence-electron chi connectivity index (χ2n) is 9.96. The highest BCUT2D eigenvalue weighted by Crippen LogP contribution is 2.40. The Hall–Kier alpha value is -3.52. The molecule has 36 heavy (non-hydrogen) atoms. The predicted molar refractivity (Wildman–Crippen MR) is 142 cm³/mol. The Balaban J connectivity index is 1.41. The van der Waals surface area contributed by atoms with E-state index in [1.165, 1.54) is 12.1 Å². The lowest BCUT2D eigenvalue weighted by Crippen LogP contribution is -2.54. The number of hydrogen-bond donors (Lipinski definition) is 1. The van der Waals surface area contributed by atoms with Crippen LogP contribution >= 0.6 is 12.2 Å². The average molecular weight is 503 g/mol. The molecule has 0 saturated carbocycles. The maximum atomic E-state index is 12.6.